The van der Waals surface area contributed by atoms with Gasteiger partial charge in [-0.05, 0) is 71.5 Å². The normalized spacial score (nSPS) is 10.5. The Hall–Kier alpha value is -4.29. The number of benzene rings is 6. The van der Waals surface area contributed by atoms with E-state index < -0.39 is 7.92 Å². The van der Waals surface area contributed by atoms with Gasteiger partial charge >= 0.3 is 0 Å². The largest absolute Gasteiger partial charge is 0.507 e. The predicted molar refractivity (Wildman–Crippen MR) is 202 cm³/mol. The summed E-state index contributed by atoms with van der Waals surface area (Å²) < 4.78 is 0. The number of hydrogen-bond acceptors (Lipinski definition) is 2. The van der Waals surface area contributed by atoms with Gasteiger partial charge in [0.2, 0.25) is 0 Å². The molecule has 0 aromatic heterocycles. The van der Waals surface area contributed by atoms with Gasteiger partial charge in [0.05, 0.1) is 13.6 Å². The van der Waals surface area contributed by atoms with E-state index in [9.17, 15) is 5.11 Å². The molecule has 0 aliphatic carbocycles. The molecule has 0 bridgehead atoms. The third kappa shape index (κ3) is 11.5. The number of rotatable bonds is 7. The van der Waals surface area contributed by atoms with Crippen LogP contribution in [0.1, 0.15) is 56.2 Å². The van der Waals surface area contributed by atoms with E-state index in [0.29, 0.717) is 11.8 Å². The molecule has 6 aromatic rings. The zero-order valence-electron chi connectivity index (χ0n) is 27.5. The molecule has 0 aliphatic rings. The fraction of sp³-hybridized carbons (Fsp3) is 0.140. The number of hydrogen-bond donors (Lipinski definition) is 1. The number of aromatic hydroxyl groups is 1. The van der Waals surface area contributed by atoms with Gasteiger partial charge in [-0.3, -0.25) is 4.99 Å². The first-order valence-corrected chi connectivity index (χ1v) is 17.3. The Balaban J connectivity index is 0.000000213. The molecule has 0 unspecified atom stereocenters. The Kier molecular flexibility index (Phi) is 15.9. The van der Waals surface area contributed by atoms with Crippen LogP contribution in [0.15, 0.2) is 169 Å². The molecule has 4 heteroatoms. The van der Waals surface area contributed by atoms with Crippen LogP contribution in [0.4, 0.5) is 5.69 Å². The summed E-state index contributed by atoms with van der Waals surface area (Å²) in [5.74, 6) is 1.09. The minimum Gasteiger partial charge on any atom is -0.507 e. The summed E-state index contributed by atoms with van der Waals surface area (Å²) >= 11 is 0. The summed E-state index contributed by atoms with van der Waals surface area (Å²) in [6, 6.07) is 58.6. The van der Waals surface area contributed by atoms with Gasteiger partial charge < -0.3 is 5.11 Å². The van der Waals surface area contributed by atoms with E-state index in [4.69, 9.17) is 4.99 Å². The number of aliphatic imine (C=N–C) groups is 1. The van der Waals surface area contributed by atoms with Crippen LogP contribution < -0.4 is 15.9 Å². The Bertz CT molecular complexity index is 1590. The zero-order valence-corrected chi connectivity index (χ0v) is 29.5. The molecule has 0 aliphatic heterocycles. The fourth-order valence-corrected chi connectivity index (χ4v) is 7.63. The molecule has 0 spiro atoms. The van der Waals surface area contributed by atoms with Crippen LogP contribution in [-0.2, 0) is 16.5 Å². The van der Waals surface area contributed by atoms with Crippen molar-refractivity contribution in [3.8, 4) is 5.75 Å². The Morgan fingerprint density at radius 2 is 0.936 bits per heavy atom. The second kappa shape index (κ2) is 20.1. The summed E-state index contributed by atoms with van der Waals surface area (Å²) in [6.07, 6.45) is 1.75. The van der Waals surface area contributed by atoms with Crippen LogP contribution in [0, 0.1) is 6.07 Å². The summed E-state index contributed by atoms with van der Waals surface area (Å²) in [6.45, 7) is 8.72. The van der Waals surface area contributed by atoms with E-state index in [1.807, 2.05) is 48.5 Å². The number of phenolic OH excluding ortho intramolecular Hbond substituents is 1. The molecule has 1 N–H and O–H groups in total. The standard InChI is InChI=1S/C19H23NO.C18H15P.C6H5.Ni/c1-13(2)16-9-7-10-17(14(3)4)19(16)20-12-15-8-5-6-11-18(15)21;1-4-10-16(11-5-1)19(17-12-6-2-7-13-17)18-14-8-3-9-15-18;1-2-4-6-5-3-1;/h5-14,21H,1-4H3;1-15H;1-5H;/q;;-1;/p+1. The maximum Gasteiger partial charge on any atom is 0.124 e. The van der Waals surface area contributed by atoms with Crippen molar-refractivity contribution in [2.45, 2.75) is 39.5 Å². The maximum atomic E-state index is 9.85. The van der Waals surface area contributed by atoms with Crippen LogP contribution in [0.2, 0.25) is 0 Å². The third-order valence-corrected chi connectivity index (χ3v) is 10.1. The van der Waals surface area contributed by atoms with Gasteiger partial charge in [0.15, 0.2) is 0 Å². The molecule has 0 saturated heterocycles. The molecule has 47 heavy (non-hydrogen) atoms. The minimum absolute atomic E-state index is 0. The number of phenols is 1. The monoisotopic (exact) mass is 679 g/mol. The Morgan fingerprint density at radius 3 is 1.30 bits per heavy atom. The molecular formula is C43H44NNiOP. The van der Waals surface area contributed by atoms with Crippen LogP contribution in [-0.4, -0.2) is 11.3 Å². The van der Waals surface area contributed by atoms with E-state index in [1.165, 1.54) is 27.0 Å². The van der Waals surface area contributed by atoms with E-state index >= 15 is 0 Å². The maximum absolute atomic E-state index is 9.85. The molecule has 0 heterocycles. The Labute approximate surface area is 293 Å². The van der Waals surface area contributed by atoms with Crippen LogP contribution in [0.5, 0.6) is 5.75 Å². The van der Waals surface area contributed by atoms with Crippen LogP contribution in [0.25, 0.3) is 0 Å². The summed E-state index contributed by atoms with van der Waals surface area (Å²) in [5.41, 5.74) is 4.26. The van der Waals surface area contributed by atoms with Crippen molar-refractivity contribution in [3.05, 3.63) is 187 Å². The minimum atomic E-state index is -0.877. The topological polar surface area (TPSA) is 32.6 Å². The summed E-state index contributed by atoms with van der Waals surface area (Å²) in [7, 11) is -0.877. The quantitative estimate of drug-likeness (QED) is 0.0775. The summed E-state index contributed by atoms with van der Waals surface area (Å²) in [5, 5.41) is 14.2. The van der Waals surface area contributed by atoms with Gasteiger partial charge in [-0.15, -0.1) is 0 Å². The van der Waals surface area contributed by atoms with Crippen molar-refractivity contribution < 1.29 is 21.6 Å². The van der Waals surface area contributed by atoms with E-state index in [1.54, 1.807) is 12.3 Å². The molecule has 6 aromatic carbocycles. The van der Waals surface area contributed by atoms with Gasteiger partial charge in [0.25, 0.3) is 0 Å². The molecule has 0 amide bonds. The van der Waals surface area contributed by atoms with Gasteiger partial charge in [-0.1, -0.05) is 113 Å². The van der Waals surface area contributed by atoms with Crippen molar-refractivity contribution in [1.29, 1.82) is 0 Å². The first-order valence-electron chi connectivity index (χ1n) is 15.8. The van der Waals surface area contributed by atoms with Gasteiger partial charge in [0, 0.05) is 28.3 Å². The molecular weight excluding hydrogens is 636 g/mol. The van der Waals surface area contributed by atoms with Gasteiger partial charge in [0.1, 0.15) is 21.7 Å². The second-order valence-electron chi connectivity index (χ2n) is 11.5. The van der Waals surface area contributed by atoms with E-state index in [2.05, 4.69) is 143 Å². The molecule has 242 valence electrons. The van der Waals surface area contributed by atoms with E-state index in [-0.39, 0.29) is 22.2 Å². The van der Waals surface area contributed by atoms with Crippen LogP contribution >= 0.6 is 7.92 Å². The third-order valence-electron chi connectivity index (χ3n) is 7.41. The molecule has 0 radical (unpaired) electrons. The zero-order chi connectivity index (χ0) is 32.6. The average molecular weight is 680 g/mol. The van der Waals surface area contributed by atoms with Crippen molar-refractivity contribution >= 4 is 35.7 Å². The predicted octanol–water partition coefficient (Wildman–Crippen LogP) is 10.1. The first kappa shape index (κ1) is 37.2. The average Bonchev–Trinajstić information content (AvgIpc) is 3.10. The molecule has 0 saturated carbocycles. The first-order chi connectivity index (χ1) is 22.5. The van der Waals surface area contributed by atoms with Crippen molar-refractivity contribution in [2.75, 3.05) is 0 Å². The SMILES string of the molecule is CC(C)c1cccc(C(C)C)c1N=Cc1ccccc1O.[Ni].[c-]1ccccc1.c1ccc([PH+](c2ccccc2)c2ccccc2)cc1. The molecule has 0 fully saturated rings. The molecule has 6 rings (SSSR count). The van der Waals surface area contributed by atoms with E-state index in [0.717, 1.165) is 11.3 Å². The molecule has 2 nitrogen and oxygen atoms in total. The van der Waals surface area contributed by atoms with Gasteiger partial charge in [-0.25, -0.2) is 0 Å². The van der Waals surface area contributed by atoms with Gasteiger partial charge in [-0.2, -0.15) is 36.4 Å². The molecule has 0 atom stereocenters. The van der Waals surface area contributed by atoms with Crippen LogP contribution in [0.3, 0.4) is 0 Å². The summed E-state index contributed by atoms with van der Waals surface area (Å²) in [4.78, 5) is 4.69. The van der Waals surface area contributed by atoms with Crippen molar-refractivity contribution in [2.24, 2.45) is 4.99 Å². The number of para-hydroxylation sites is 2. The number of nitrogens with zero attached hydrogens (tertiary/aromatic N) is 1. The fourth-order valence-electron chi connectivity index (χ4n) is 5.05. The Morgan fingerprint density at radius 1 is 0.532 bits per heavy atom. The smallest absolute Gasteiger partial charge is 0.124 e. The van der Waals surface area contributed by atoms with Crippen molar-refractivity contribution in [3.63, 3.8) is 0 Å². The van der Waals surface area contributed by atoms with Crippen molar-refractivity contribution in [1.82, 2.24) is 0 Å². The second-order valence-corrected chi connectivity index (χ2v) is 13.9.